The van der Waals surface area contributed by atoms with Crippen molar-refractivity contribution in [2.24, 2.45) is 5.92 Å². The quantitative estimate of drug-likeness (QED) is 0.664. The van der Waals surface area contributed by atoms with E-state index in [1.165, 1.54) is 0 Å². The van der Waals surface area contributed by atoms with Crippen LogP contribution in [-0.4, -0.2) is 46.5 Å². The van der Waals surface area contributed by atoms with E-state index in [0.29, 0.717) is 0 Å². The summed E-state index contributed by atoms with van der Waals surface area (Å²) < 4.78 is 5.31. The standard InChI is InChI=1S/C25H39N3O4/c1-14(2)26-22(29)21(19-11-10-15(3)16(4)12-19)28(20-13-17(20)5)23(30)18(6)27-24(31)32-25(7,8)9/h10-12,14,17-18,20-21H,13H2,1-9H3,(H,26,29)(H,27,31). The predicted molar refractivity (Wildman–Crippen MR) is 125 cm³/mol. The van der Waals surface area contributed by atoms with Gasteiger partial charge in [0.2, 0.25) is 11.8 Å². The summed E-state index contributed by atoms with van der Waals surface area (Å²) in [5, 5.41) is 5.61. The molecule has 1 fully saturated rings. The second-order valence-corrected chi connectivity index (χ2v) is 10.3. The first-order valence-electron chi connectivity index (χ1n) is 11.4. The fourth-order valence-electron chi connectivity index (χ4n) is 3.68. The van der Waals surface area contributed by atoms with E-state index >= 15 is 0 Å². The van der Waals surface area contributed by atoms with Crippen LogP contribution in [0.4, 0.5) is 4.79 Å². The number of hydrogen-bond acceptors (Lipinski definition) is 4. The van der Waals surface area contributed by atoms with E-state index in [9.17, 15) is 14.4 Å². The number of nitrogens with one attached hydrogen (secondary N) is 2. The molecule has 0 saturated heterocycles. The molecule has 1 aromatic carbocycles. The highest BCUT2D eigenvalue weighted by molar-refractivity contribution is 5.92. The summed E-state index contributed by atoms with van der Waals surface area (Å²) in [5.41, 5.74) is 2.27. The third-order valence-corrected chi connectivity index (χ3v) is 5.59. The molecule has 0 radical (unpaired) electrons. The smallest absolute Gasteiger partial charge is 0.408 e. The van der Waals surface area contributed by atoms with Crippen LogP contribution in [0.2, 0.25) is 0 Å². The van der Waals surface area contributed by atoms with Gasteiger partial charge in [-0.05, 0) is 84.4 Å². The van der Waals surface area contributed by atoms with Crippen molar-refractivity contribution in [3.05, 3.63) is 34.9 Å². The lowest BCUT2D eigenvalue weighted by Crippen LogP contribution is -2.53. The van der Waals surface area contributed by atoms with E-state index in [1.807, 2.05) is 45.9 Å². The van der Waals surface area contributed by atoms with Crippen molar-refractivity contribution in [2.75, 3.05) is 0 Å². The highest BCUT2D eigenvalue weighted by Crippen LogP contribution is 2.41. The van der Waals surface area contributed by atoms with Crippen molar-refractivity contribution in [3.8, 4) is 0 Å². The van der Waals surface area contributed by atoms with Gasteiger partial charge in [-0.15, -0.1) is 0 Å². The van der Waals surface area contributed by atoms with Gasteiger partial charge in [-0.2, -0.15) is 0 Å². The lowest BCUT2D eigenvalue weighted by molar-refractivity contribution is -0.143. The van der Waals surface area contributed by atoms with Gasteiger partial charge in [0, 0.05) is 12.1 Å². The molecule has 1 saturated carbocycles. The average molecular weight is 446 g/mol. The minimum absolute atomic E-state index is 0.0603. The number of rotatable bonds is 7. The molecule has 0 heterocycles. The molecule has 2 rings (SSSR count). The molecular weight excluding hydrogens is 406 g/mol. The second-order valence-electron chi connectivity index (χ2n) is 10.3. The maximum absolute atomic E-state index is 13.6. The van der Waals surface area contributed by atoms with Gasteiger partial charge in [-0.3, -0.25) is 9.59 Å². The van der Waals surface area contributed by atoms with Gasteiger partial charge < -0.3 is 20.3 Å². The van der Waals surface area contributed by atoms with Crippen molar-refractivity contribution in [1.82, 2.24) is 15.5 Å². The van der Waals surface area contributed by atoms with Crippen molar-refractivity contribution in [1.29, 1.82) is 0 Å². The Bertz CT molecular complexity index is 859. The number of amides is 3. The van der Waals surface area contributed by atoms with Gasteiger partial charge in [0.05, 0.1) is 0 Å². The number of carbonyl (C=O) groups excluding carboxylic acids is 3. The molecule has 3 amide bonds. The van der Waals surface area contributed by atoms with Gasteiger partial charge in [0.25, 0.3) is 0 Å². The number of benzene rings is 1. The Morgan fingerprint density at radius 3 is 2.12 bits per heavy atom. The zero-order chi connectivity index (χ0) is 24.4. The van der Waals surface area contributed by atoms with Crippen LogP contribution in [0.15, 0.2) is 18.2 Å². The Labute approximate surface area is 192 Å². The normalized spacial score (nSPS) is 19.7. The van der Waals surface area contributed by atoms with E-state index in [0.717, 1.165) is 23.1 Å². The summed E-state index contributed by atoms with van der Waals surface area (Å²) in [5.74, 6) is -0.235. The lowest BCUT2D eigenvalue weighted by atomic mass is 9.98. The Hall–Kier alpha value is -2.57. The number of ether oxygens (including phenoxy) is 1. The van der Waals surface area contributed by atoms with Crippen LogP contribution in [0.25, 0.3) is 0 Å². The average Bonchev–Trinajstić information content (AvgIpc) is 3.35. The van der Waals surface area contributed by atoms with Crippen molar-refractivity contribution >= 4 is 17.9 Å². The monoisotopic (exact) mass is 445 g/mol. The molecule has 4 unspecified atom stereocenters. The van der Waals surface area contributed by atoms with Crippen LogP contribution >= 0.6 is 0 Å². The minimum atomic E-state index is -0.835. The molecule has 0 aromatic heterocycles. The Kier molecular flexibility index (Phi) is 7.97. The molecule has 0 spiro atoms. The van der Waals surface area contributed by atoms with Gasteiger partial charge >= 0.3 is 6.09 Å². The third kappa shape index (κ3) is 6.71. The van der Waals surface area contributed by atoms with E-state index < -0.39 is 23.8 Å². The summed E-state index contributed by atoms with van der Waals surface area (Å²) in [6.45, 7) is 16.8. The first kappa shape index (κ1) is 25.7. The molecule has 1 aromatic rings. The molecule has 2 N–H and O–H groups in total. The first-order valence-corrected chi connectivity index (χ1v) is 11.4. The molecule has 1 aliphatic rings. The summed E-state index contributed by atoms with van der Waals surface area (Å²) in [6, 6.07) is 4.12. The summed E-state index contributed by atoms with van der Waals surface area (Å²) in [6.07, 6.45) is 0.165. The predicted octanol–water partition coefficient (Wildman–Crippen LogP) is 4.02. The molecule has 178 valence electrons. The zero-order valence-corrected chi connectivity index (χ0v) is 20.9. The van der Waals surface area contributed by atoms with E-state index in [-0.39, 0.29) is 29.8 Å². The van der Waals surface area contributed by atoms with Crippen molar-refractivity contribution in [2.45, 2.75) is 98.5 Å². The maximum atomic E-state index is 13.6. The van der Waals surface area contributed by atoms with Crippen LogP contribution in [0.3, 0.4) is 0 Å². The SMILES string of the molecule is Cc1ccc(C(C(=O)NC(C)C)N(C(=O)C(C)NC(=O)OC(C)(C)C)C2CC2C)cc1C. The summed E-state index contributed by atoms with van der Waals surface area (Å²) >= 11 is 0. The molecule has 1 aliphatic carbocycles. The number of nitrogens with zero attached hydrogens (tertiary/aromatic N) is 1. The molecule has 4 atom stereocenters. The summed E-state index contributed by atoms with van der Waals surface area (Å²) in [7, 11) is 0. The van der Waals surface area contributed by atoms with E-state index in [4.69, 9.17) is 4.74 Å². The Morgan fingerprint density at radius 2 is 1.66 bits per heavy atom. The van der Waals surface area contributed by atoms with E-state index in [2.05, 4.69) is 17.6 Å². The topological polar surface area (TPSA) is 87.7 Å². The van der Waals surface area contributed by atoms with E-state index in [1.54, 1.807) is 32.6 Å². The van der Waals surface area contributed by atoms with Crippen molar-refractivity contribution < 1.29 is 19.1 Å². The fourth-order valence-corrected chi connectivity index (χ4v) is 3.68. The lowest BCUT2D eigenvalue weighted by Gasteiger charge is -2.34. The third-order valence-electron chi connectivity index (χ3n) is 5.59. The Balaban J connectivity index is 2.40. The fraction of sp³-hybridized carbons (Fsp3) is 0.640. The highest BCUT2D eigenvalue weighted by atomic mass is 16.6. The molecule has 7 heteroatoms. The number of hydrogen-bond donors (Lipinski definition) is 2. The molecule has 7 nitrogen and oxygen atoms in total. The zero-order valence-electron chi connectivity index (χ0n) is 20.9. The Morgan fingerprint density at radius 1 is 1.06 bits per heavy atom. The minimum Gasteiger partial charge on any atom is -0.444 e. The van der Waals surface area contributed by atoms with Crippen LogP contribution < -0.4 is 10.6 Å². The van der Waals surface area contributed by atoms with Crippen LogP contribution in [0.1, 0.15) is 77.6 Å². The highest BCUT2D eigenvalue weighted by Gasteiger charge is 2.47. The van der Waals surface area contributed by atoms with Crippen LogP contribution in [-0.2, 0) is 14.3 Å². The first-order chi connectivity index (χ1) is 14.7. The van der Waals surface area contributed by atoms with Gasteiger partial charge in [0.15, 0.2) is 0 Å². The summed E-state index contributed by atoms with van der Waals surface area (Å²) in [4.78, 5) is 40.9. The van der Waals surface area contributed by atoms with Gasteiger partial charge in [0.1, 0.15) is 17.7 Å². The van der Waals surface area contributed by atoms with Crippen LogP contribution in [0.5, 0.6) is 0 Å². The molecule has 0 bridgehead atoms. The second kappa shape index (κ2) is 9.92. The molecule has 32 heavy (non-hydrogen) atoms. The maximum Gasteiger partial charge on any atom is 0.408 e. The molecule has 0 aliphatic heterocycles. The number of aryl methyl sites for hydroxylation is 2. The number of alkyl carbamates (subject to hydrolysis) is 1. The van der Waals surface area contributed by atoms with Gasteiger partial charge in [-0.25, -0.2) is 4.79 Å². The van der Waals surface area contributed by atoms with Crippen molar-refractivity contribution in [3.63, 3.8) is 0 Å². The van der Waals surface area contributed by atoms with Crippen LogP contribution in [0, 0.1) is 19.8 Å². The largest absolute Gasteiger partial charge is 0.444 e. The van der Waals surface area contributed by atoms with Gasteiger partial charge in [-0.1, -0.05) is 25.1 Å². The molecular formula is C25H39N3O4. The number of carbonyl (C=O) groups is 3.